The highest BCUT2D eigenvalue weighted by molar-refractivity contribution is 7.87. The number of benzene rings is 2. The summed E-state index contributed by atoms with van der Waals surface area (Å²) in [7, 11) is -2.43. The third-order valence-electron chi connectivity index (χ3n) is 4.46. The Kier molecular flexibility index (Phi) is 7.72. The molecule has 0 saturated carbocycles. The van der Waals surface area contributed by atoms with Crippen LogP contribution in [0.15, 0.2) is 53.4 Å². The number of carbonyl (C=O) groups is 1. The van der Waals surface area contributed by atoms with Gasteiger partial charge in [0.1, 0.15) is 16.2 Å². The Hall–Kier alpha value is -2.58. The minimum absolute atomic E-state index is 0.0234. The van der Waals surface area contributed by atoms with E-state index < -0.39 is 27.9 Å². The molecule has 0 aromatic heterocycles. The molecule has 0 aliphatic carbocycles. The minimum Gasteiger partial charge on any atom is -0.444 e. The van der Waals surface area contributed by atoms with E-state index in [0.717, 1.165) is 5.56 Å². The summed E-state index contributed by atoms with van der Waals surface area (Å²) < 4.78 is 35.5. The maximum absolute atomic E-state index is 12.5. The number of carbonyl (C=O) groups excluding carboxylic acids is 1. The van der Waals surface area contributed by atoms with Gasteiger partial charge >= 0.3 is 16.2 Å². The van der Waals surface area contributed by atoms with E-state index in [1.54, 1.807) is 45.0 Å². The van der Waals surface area contributed by atoms with Gasteiger partial charge in [-0.25, -0.2) is 4.79 Å². The van der Waals surface area contributed by atoms with E-state index in [2.05, 4.69) is 0 Å². The summed E-state index contributed by atoms with van der Waals surface area (Å²) in [5.74, 6) is 0.426. The zero-order valence-corrected chi connectivity index (χ0v) is 19.6. The van der Waals surface area contributed by atoms with Gasteiger partial charge in [0.15, 0.2) is 0 Å². The van der Waals surface area contributed by atoms with Crippen LogP contribution in [-0.4, -0.2) is 43.7 Å². The average Bonchev–Trinajstić information content (AvgIpc) is 2.67. The first-order chi connectivity index (χ1) is 14.3. The molecule has 2 rings (SSSR count). The van der Waals surface area contributed by atoms with E-state index >= 15 is 0 Å². The van der Waals surface area contributed by atoms with E-state index in [9.17, 15) is 18.3 Å². The molecular formula is C23H31NO6S. The van der Waals surface area contributed by atoms with Crippen molar-refractivity contribution in [2.45, 2.75) is 57.1 Å². The Labute approximate surface area is 184 Å². The highest BCUT2D eigenvalue weighted by Crippen LogP contribution is 2.24. The van der Waals surface area contributed by atoms with Crippen molar-refractivity contribution < 1.29 is 27.2 Å². The highest BCUT2D eigenvalue weighted by atomic mass is 32.2. The summed E-state index contributed by atoms with van der Waals surface area (Å²) in [5.41, 5.74) is 0.922. The first kappa shape index (κ1) is 24.7. The number of ether oxygens (including phenoxy) is 1. The maximum Gasteiger partial charge on any atom is 0.410 e. The second-order valence-corrected chi connectivity index (χ2v) is 10.3. The third kappa shape index (κ3) is 7.25. The third-order valence-corrected chi connectivity index (χ3v) is 5.72. The normalized spacial score (nSPS) is 13.0. The first-order valence-electron chi connectivity index (χ1n) is 10.0. The lowest BCUT2D eigenvalue weighted by molar-refractivity contribution is 0.0205. The van der Waals surface area contributed by atoms with Crippen LogP contribution in [0, 0.1) is 0 Å². The Morgan fingerprint density at radius 2 is 1.52 bits per heavy atom. The molecule has 0 saturated heterocycles. The number of aliphatic hydroxyl groups is 1. The van der Waals surface area contributed by atoms with Gasteiger partial charge in [-0.1, -0.05) is 38.1 Å². The molecule has 0 fully saturated rings. The molecule has 7 nitrogen and oxygen atoms in total. The first-order valence-corrected chi connectivity index (χ1v) is 11.5. The van der Waals surface area contributed by atoms with Gasteiger partial charge in [-0.05, 0) is 62.1 Å². The van der Waals surface area contributed by atoms with Crippen molar-refractivity contribution in [1.82, 2.24) is 4.90 Å². The Balaban J connectivity index is 2.03. The fraction of sp³-hybridized carbons (Fsp3) is 0.435. The van der Waals surface area contributed by atoms with Crippen molar-refractivity contribution in [1.29, 1.82) is 0 Å². The lowest BCUT2D eigenvalue weighted by Crippen LogP contribution is -2.36. The van der Waals surface area contributed by atoms with Crippen molar-refractivity contribution >= 4 is 16.2 Å². The van der Waals surface area contributed by atoms with Crippen molar-refractivity contribution in [3.63, 3.8) is 0 Å². The predicted octanol–water partition coefficient (Wildman–Crippen LogP) is 4.48. The molecular weight excluding hydrogens is 418 g/mol. The van der Waals surface area contributed by atoms with E-state index in [0.29, 0.717) is 11.5 Å². The van der Waals surface area contributed by atoms with E-state index in [4.69, 9.17) is 8.92 Å². The summed E-state index contributed by atoms with van der Waals surface area (Å²) in [4.78, 5) is 13.4. The van der Waals surface area contributed by atoms with Gasteiger partial charge < -0.3 is 18.9 Å². The fourth-order valence-electron chi connectivity index (χ4n) is 2.72. The van der Waals surface area contributed by atoms with Crippen LogP contribution in [0.2, 0.25) is 0 Å². The topological polar surface area (TPSA) is 93.1 Å². The molecule has 1 N–H and O–H groups in total. The van der Waals surface area contributed by atoms with E-state index in [-0.39, 0.29) is 17.2 Å². The van der Waals surface area contributed by atoms with Crippen LogP contribution >= 0.6 is 0 Å². The van der Waals surface area contributed by atoms with Gasteiger partial charge in [-0.3, -0.25) is 0 Å². The lowest BCUT2D eigenvalue weighted by atomic mass is 10.0. The molecule has 0 spiro atoms. The van der Waals surface area contributed by atoms with Gasteiger partial charge in [-0.15, -0.1) is 0 Å². The van der Waals surface area contributed by atoms with E-state index in [1.165, 1.54) is 36.2 Å². The predicted molar refractivity (Wildman–Crippen MR) is 119 cm³/mol. The SMILES string of the molecule is CC(C)c1ccc(S(=O)(=O)Oc2ccc(C(O)CN(C)C(=O)OC(C)(C)C)cc2)cc1. The Morgan fingerprint density at radius 1 is 1.00 bits per heavy atom. The quantitative estimate of drug-likeness (QED) is 0.627. The van der Waals surface area contributed by atoms with Crippen molar-refractivity contribution in [2.24, 2.45) is 0 Å². The number of amides is 1. The smallest absolute Gasteiger partial charge is 0.410 e. The molecule has 0 aliphatic heterocycles. The molecule has 2 aromatic carbocycles. The second-order valence-electron chi connectivity index (χ2n) is 8.71. The number of rotatable bonds is 7. The molecule has 0 bridgehead atoms. The molecule has 1 atom stereocenters. The largest absolute Gasteiger partial charge is 0.444 e. The molecule has 8 heteroatoms. The van der Waals surface area contributed by atoms with Crippen LogP contribution in [0.1, 0.15) is 57.8 Å². The van der Waals surface area contributed by atoms with Crippen molar-refractivity contribution in [3.05, 3.63) is 59.7 Å². The Morgan fingerprint density at radius 3 is 2.00 bits per heavy atom. The van der Waals surface area contributed by atoms with Crippen LogP contribution in [0.5, 0.6) is 5.75 Å². The molecule has 0 aliphatic rings. The standard InChI is InChI=1S/C23H31NO6S/c1-16(2)17-9-13-20(14-10-17)31(27,28)30-19-11-7-18(8-12-19)21(25)15-24(6)22(26)29-23(3,4)5/h7-14,16,21,25H,15H2,1-6H3. The minimum atomic E-state index is -3.97. The lowest BCUT2D eigenvalue weighted by Gasteiger charge is -2.26. The van der Waals surface area contributed by atoms with Crippen LogP contribution < -0.4 is 4.18 Å². The zero-order chi connectivity index (χ0) is 23.4. The summed E-state index contributed by atoms with van der Waals surface area (Å²) in [6, 6.07) is 12.6. The number of hydrogen-bond acceptors (Lipinski definition) is 6. The summed E-state index contributed by atoms with van der Waals surface area (Å²) in [5, 5.41) is 10.4. The number of likely N-dealkylation sites (N-methyl/N-ethyl adjacent to an activating group) is 1. The molecule has 0 radical (unpaired) electrons. The van der Waals surface area contributed by atoms with Crippen LogP contribution in [0.25, 0.3) is 0 Å². The number of hydrogen-bond donors (Lipinski definition) is 1. The van der Waals surface area contributed by atoms with Crippen molar-refractivity contribution in [2.75, 3.05) is 13.6 Å². The molecule has 1 unspecified atom stereocenters. The maximum atomic E-state index is 12.5. The molecule has 1 amide bonds. The van der Waals surface area contributed by atoms with Gasteiger partial charge in [0.2, 0.25) is 0 Å². The zero-order valence-electron chi connectivity index (χ0n) is 18.8. The fourth-order valence-corrected chi connectivity index (χ4v) is 3.65. The average molecular weight is 450 g/mol. The Bertz CT molecular complexity index is 976. The van der Waals surface area contributed by atoms with Gasteiger partial charge in [-0.2, -0.15) is 8.42 Å². The monoisotopic (exact) mass is 449 g/mol. The summed E-state index contributed by atoms with van der Waals surface area (Å²) >= 11 is 0. The molecule has 170 valence electrons. The van der Waals surface area contributed by atoms with Gasteiger partial charge in [0, 0.05) is 7.05 Å². The summed E-state index contributed by atoms with van der Waals surface area (Å²) in [6.07, 6.45) is -1.51. The van der Waals surface area contributed by atoms with E-state index in [1.807, 2.05) is 13.8 Å². The van der Waals surface area contributed by atoms with Crippen molar-refractivity contribution in [3.8, 4) is 5.75 Å². The summed E-state index contributed by atoms with van der Waals surface area (Å²) in [6.45, 7) is 9.38. The number of aliphatic hydroxyl groups excluding tert-OH is 1. The molecule has 2 aromatic rings. The van der Waals surface area contributed by atoms with Crippen LogP contribution in [0.3, 0.4) is 0 Å². The van der Waals surface area contributed by atoms with Crippen LogP contribution in [-0.2, 0) is 14.9 Å². The molecule has 31 heavy (non-hydrogen) atoms. The number of nitrogens with zero attached hydrogens (tertiary/aromatic N) is 1. The van der Waals surface area contributed by atoms with Crippen LogP contribution in [0.4, 0.5) is 4.79 Å². The highest BCUT2D eigenvalue weighted by Gasteiger charge is 2.22. The second kappa shape index (κ2) is 9.70. The van der Waals surface area contributed by atoms with Gasteiger partial charge in [0.25, 0.3) is 0 Å². The van der Waals surface area contributed by atoms with Gasteiger partial charge in [0.05, 0.1) is 12.6 Å². The molecule has 0 heterocycles.